The molecule has 0 bridgehead atoms. The third-order valence-electron chi connectivity index (χ3n) is 2.87. The first kappa shape index (κ1) is 17.4. The maximum atomic E-state index is 8.50. The lowest BCUT2D eigenvalue weighted by Gasteiger charge is -2.08. The van der Waals surface area contributed by atoms with Crippen molar-refractivity contribution >= 4 is 15.9 Å². The van der Waals surface area contributed by atoms with Gasteiger partial charge in [-0.05, 0) is 32.1 Å². The number of hydrogen-bond acceptors (Lipinski definition) is 2. The molecule has 0 radical (unpaired) electrons. The van der Waals surface area contributed by atoms with Gasteiger partial charge in [-0.15, -0.1) is 0 Å². The minimum atomic E-state index is 0.363. The Kier molecular flexibility index (Phi) is 16.8. The zero-order valence-electron chi connectivity index (χ0n) is 11.1. The summed E-state index contributed by atoms with van der Waals surface area (Å²) in [7, 11) is 0. The average molecular weight is 309 g/mol. The average Bonchev–Trinajstić information content (AvgIpc) is 2.41. The summed E-state index contributed by atoms with van der Waals surface area (Å²) < 4.78 is 5.07. The van der Waals surface area contributed by atoms with E-state index < -0.39 is 0 Å². The van der Waals surface area contributed by atoms with E-state index in [9.17, 15) is 0 Å². The van der Waals surface area contributed by atoms with E-state index in [-0.39, 0.29) is 0 Å². The summed E-state index contributed by atoms with van der Waals surface area (Å²) in [5.74, 6) is 0. The van der Waals surface area contributed by atoms with E-state index in [1.54, 1.807) is 0 Å². The SMILES string of the molecule is C1CCOCC1.OCCCCCCCCCBr. The number of aliphatic hydroxyl groups is 1. The quantitative estimate of drug-likeness (QED) is 0.535. The van der Waals surface area contributed by atoms with Gasteiger partial charge in [-0.3, -0.25) is 0 Å². The Bertz CT molecular complexity index is 108. The summed E-state index contributed by atoms with van der Waals surface area (Å²) in [5.41, 5.74) is 0. The van der Waals surface area contributed by atoms with Gasteiger partial charge in [0.1, 0.15) is 0 Å². The first-order valence-electron chi connectivity index (χ1n) is 7.16. The van der Waals surface area contributed by atoms with Crippen LogP contribution in [0.15, 0.2) is 0 Å². The molecule has 0 atom stereocenters. The van der Waals surface area contributed by atoms with Crippen molar-refractivity contribution in [1.82, 2.24) is 0 Å². The fraction of sp³-hybridized carbons (Fsp3) is 1.00. The molecule has 17 heavy (non-hydrogen) atoms. The van der Waals surface area contributed by atoms with Crippen molar-refractivity contribution in [3.63, 3.8) is 0 Å². The van der Waals surface area contributed by atoms with Gasteiger partial charge in [-0.25, -0.2) is 0 Å². The molecule has 3 heteroatoms. The van der Waals surface area contributed by atoms with Gasteiger partial charge in [0.2, 0.25) is 0 Å². The fourth-order valence-electron chi connectivity index (χ4n) is 1.78. The molecule has 0 unspecified atom stereocenters. The van der Waals surface area contributed by atoms with E-state index in [0.717, 1.165) is 25.0 Å². The van der Waals surface area contributed by atoms with Crippen LogP contribution in [-0.2, 0) is 4.74 Å². The first-order valence-corrected chi connectivity index (χ1v) is 8.28. The smallest absolute Gasteiger partial charge is 0.0466 e. The molecule has 1 aliphatic rings. The number of aliphatic hydroxyl groups excluding tert-OH is 1. The summed E-state index contributed by atoms with van der Waals surface area (Å²) in [6, 6.07) is 0. The van der Waals surface area contributed by atoms with Crippen LogP contribution in [0.4, 0.5) is 0 Å². The summed E-state index contributed by atoms with van der Waals surface area (Å²) in [5, 5.41) is 9.64. The van der Waals surface area contributed by atoms with Crippen molar-refractivity contribution in [3.8, 4) is 0 Å². The second-order valence-electron chi connectivity index (χ2n) is 4.56. The van der Waals surface area contributed by atoms with Gasteiger partial charge in [0.05, 0.1) is 0 Å². The highest BCUT2D eigenvalue weighted by Crippen LogP contribution is 2.07. The van der Waals surface area contributed by atoms with E-state index in [0.29, 0.717) is 6.61 Å². The van der Waals surface area contributed by atoms with E-state index in [1.165, 1.54) is 57.8 Å². The van der Waals surface area contributed by atoms with Crippen molar-refractivity contribution in [1.29, 1.82) is 0 Å². The molecule has 0 aromatic heterocycles. The number of rotatable bonds is 8. The Hall–Kier alpha value is 0.400. The zero-order valence-corrected chi connectivity index (χ0v) is 12.7. The summed E-state index contributed by atoms with van der Waals surface area (Å²) in [4.78, 5) is 0. The fourth-order valence-corrected chi connectivity index (χ4v) is 2.17. The van der Waals surface area contributed by atoms with Gasteiger partial charge in [-0.2, -0.15) is 0 Å². The standard InChI is InChI=1S/C9H19BrO.C5H10O/c10-8-6-4-2-1-3-5-7-9-11;1-2-4-6-5-3-1/h11H,1-9H2;1-5H2. The number of alkyl halides is 1. The summed E-state index contributed by atoms with van der Waals surface area (Å²) in [6.45, 7) is 2.36. The molecule has 0 aromatic carbocycles. The van der Waals surface area contributed by atoms with Crippen LogP contribution in [0.25, 0.3) is 0 Å². The minimum absolute atomic E-state index is 0.363. The number of ether oxygens (including phenoxy) is 1. The third-order valence-corrected chi connectivity index (χ3v) is 3.43. The molecule has 0 aliphatic carbocycles. The molecule has 1 saturated heterocycles. The number of unbranched alkanes of at least 4 members (excludes halogenated alkanes) is 6. The van der Waals surface area contributed by atoms with Gasteiger partial charge >= 0.3 is 0 Å². The summed E-state index contributed by atoms with van der Waals surface area (Å²) >= 11 is 3.41. The van der Waals surface area contributed by atoms with E-state index >= 15 is 0 Å². The van der Waals surface area contributed by atoms with Gasteiger partial charge < -0.3 is 9.84 Å². The second-order valence-corrected chi connectivity index (χ2v) is 5.35. The number of hydrogen-bond donors (Lipinski definition) is 1. The highest BCUT2D eigenvalue weighted by atomic mass is 79.9. The summed E-state index contributed by atoms with van der Waals surface area (Å²) in [6.07, 6.45) is 12.8. The maximum absolute atomic E-state index is 8.50. The second kappa shape index (κ2) is 16.4. The van der Waals surface area contributed by atoms with Crippen LogP contribution in [0.1, 0.15) is 64.2 Å². The highest BCUT2D eigenvalue weighted by molar-refractivity contribution is 9.09. The van der Waals surface area contributed by atoms with Crippen molar-refractivity contribution in [2.75, 3.05) is 25.2 Å². The monoisotopic (exact) mass is 308 g/mol. The van der Waals surface area contributed by atoms with Gasteiger partial charge in [0, 0.05) is 25.2 Å². The van der Waals surface area contributed by atoms with Crippen LogP contribution in [-0.4, -0.2) is 30.3 Å². The normalized spacial score (nSPS) is 15.2. The lowest BCUT2D eigenvalue weighted by molar-refractivity contribution is 0.0968. The molecule has 1 N–H and O–H groups in total. The van der Waals surface area contributed by atoms with E-state index in [4.69, 9.17) is 9.84 Å². The predicted octanol–water partition coefficient (Wildman–Crippen LogP) is 4.29. The molecule has 0 spiro atoms. The minimum Gasteiger partial charge on any atom is -0.396 e. The van der Waals surface area contributed by atoms with Crippen LogP contribution in [0.3, 0.4) is 0 Å². The molecule has 0 aromatic rings. The van der Waals surface area contributed by atoms with Crippen molar-refractivity contribution in [2.24, 2.45) is 0 Å². The van der Waals surface area contributed by atoms with Crippen molar-refractivity contribution in [3.05, 3.63) is 0 Å². The highest BCUT2D eigenvalue weighted by Gasteiger charge is 1.95. The van der Waals surface area contributed by atoms with Crippen LogP contribution >= 0.6 is 15.9 Å². The molecule has 2 nitrogen and oxygen atoms in total. The Morgan fingerprint density at radius 1 is 0.765 bits per heavy atom. The molecule has 0 saturated carbocycles. The zero-order chi connectivity index (χ0) is 12.6. The van der Waals surface area contributed by atoms with Gasteiger partial charge in [-0.1, -0.05) is 48.0 Å². The van der Waals surface area contributed by atoms with Crippen LogP contribution < -0.4 is 0 Å². The topological polar surface area (TPSA) is 29.5 Å². The Balaban J connectivity index is 0.000000354. The van der Waals surface area contributed by atoms with Crippen LogP contribution in [0.2, 0.25) is 0 Å². The molecular formula is C14H29BrO2. The third kappa shape index (κ3) is 16.4. The Morgan fingerprint density at radius 2 is 1.29 bits per heavy atom. The maximum Gasteiger partial charge on any atom is 0.0466 e. The molecule has 1 heterocycles. The van der Waals surface area contributed by atoms with Crippen molar-refractivity contribution < 1.29 is 9.84 Å². The molecular weight excluding hydrogens is 280 g/mol. The lowest BCUT2D eigenvalue weighted by Crippen LogP contribution is -2.03. The molecule has 0 amide bonds. The van der Waals surface area contributed by atoms with Gasteiger partial charge in [0.15, 0.2) is 0 Å². The van der Waals surface area contributed by atoms with Crippen LogP contribution in [0.5, 0.6) is 0 Å². The van der Waals surface area contributed by atoms with Crippen molar-refractivity contribution in [2.45, 2.75) is 64.2 Å². The Labute approximate surface area is 115 Å². The van der Waals surface area contributed by atoms with E-state index in [2.05, 4.69) is 15.9 Å². The molecule has 1 rings (SSSR count). The molecule has 1 fully saturated rings. The lowest BCUT2D eigenvalue weighted by atomic mass is 10.1. The number of halogens is 1. The molecule has 1 aliphatic heterocycles. The Morgan fingerprint density at radius 3 is 1.65 bits per heavy atom. The first-order chi connectivity index (χ1) is 8.41. The van der Waals surface area contributed by atoms with E-state index in [1.807, 2.05) is 0 Å². The predicted molar refractivity (Wildman–Crippen MR) is 77.9 cm³/mol. The largest absolute Gasteiger partial charge is 0.396 e. The van der Waals surface area contributed by atoms with Crippen LogP contribution in [0, 0.1) is 0 Å². The molecule has 104 valence electrons. The van der Waals surface area contributed by atoms with Gasteiger partial charge in [0.25, 0.3) is 0 Å².